The summed E-state index contributed by atoms with van der Waals surface area (Å²) in [5.74, 6) is 0. The molecule has 0 N–H and O–H groups in total. The molecule has 1 aromatic heterocycles. The molecule has 1 fully saturated rings. The van der Waals surface area contributed by atoms with Crippen LogP contribution in [0, 0.1) is 23.7 Å². The Morgan fingerprint density at radius 1 is 1.60 bits per heavy atom. The summed E-state index contributed by atoms with van der Waals surface area (Å²) in [6.07, 6.45) is 3.87. The quantitative estimate of drug-likeness (QED) is 0.774. The molecule has 0 bridgehead atoms. The second kappa shape index (κ2) is 3.53. The molecule has 0 radical (unpaired) electrons. The SMILES string of the molecule is Cc1nn(C)c(CC2(C#N)CCC2)c1Cl. The maximum absolute atomic E-state index is 9.16. The molecule has 1 aliphatic rings. The van der Waals surface area contributed by atoms with Crippen LogP contribution in [-0.2, 0) is 13.5 Å². The predicted octanol–water partition coefficient (Wildman–Crippen LogP) is 2.62. The van der Waals surface area contributed by atoms with Crippen LogP contribution in [0.4, 0.5) is 0 Å². The molecule has 0 spiro atoms. The van der Waals surface area contributed by atoms with Crippen LogP contribution in [0.3, 0.4) is 0 Å². The van der Waals surface area contributed by atoms with Crippen LogP contribution in [0.25, 0.3) is 0 Å². The van der Waals surface area contributed by atoms with Gasteiger partial charge in [0, 0.05) is 13.5 Å². The maximum Gasteiger partial charge on any atom is 0.0847 e. The van der Waals surface area contributed by atoms with Gasteiger partial charge in [-0.05, 0) is 19.8 Å². The lowest BCUT2D eigenvalue weighted by molar-refractivity contribution is 0.210. The van der Waals surface area contributed by atoms with Gasteiger partial charge in [0.1, 0.15) is 0 Å². The van der Waals surface area contributed by atoms with Crippen molar-refractivity contribution in [3.05, 3.63) is 16.4 Å². The number of nitrogens with zero attached hydrogens (tertiary/aromatic N) is 3. The summed E-state index contributed by atoms with van der Waals surface area (Å²) in [6, 6.07) is 2.43. The highest BCUT2D eigenvalue weighted by Crippen LogP contribution is 2.44. The van der Waals surface area contributed by atoms with Gasteiger partial charge in [0.25, 0.3) is 0 Å². The van der Waals surface area contributed by atoms with E-state index in [9.17, 15) is 0 Å². The van der Waals surface area contributed by atoms with E-state index in [2.05, 4.69) is 11.2 Å². The van der Waals surface area contributed by atoms with E-state index in [1.165, 1.54) is 0 Å². The molecule has 0 saturated heterocycles. The van der Waals surface area contributed by atoms with Gasteiger partial charge >= 0.3 is 0 Å². The molecule has 0 aliphatic heterocycles. The molecule has 3 nitrogen and oxygen atoms in total. The van der Waals surface area contributed by atoms with Crippen molar-refractivity contribution >= 4 is 11.6 Å². The van der Waals surface area contributed by atoms with Gasteiger partial charge in [0.15, 0.2) is 0 Å². The van der Waals surface area contributed by atoms with Crippen molar-refractivity contribution in [3.8, 4) is 6.07 Å². The van der Waals surface area contributed by atoms with Crippen molar-refractivity contribution in [2.75, 3.05) is 0 Å². The Morgan fingerprint density at radius 3 is 2.60 bits per heavy atom. The van der Waals surface area contributed by atoms with Crippen molar-refractivity contribution in [1.29, 1.82) is 5.26 Å². The zero-order chi connectivity index (χ0) is 11.1. The second-order valence-corrected chi connectivity index (χ2v) is 4.77. The predicted molar refractivity (Wildman–Crippen MR) is 58.6 cm³/mol. The van der Waals surface area contributed by atoms with Gasteiger partial charge in [0.2, 0.25) is 0 Å². The van der Waals surface area contributed by atoms with E-state index in [4.69, 9.17) is 16.9 Å². The molecule has 0 unspecified atom stereocenters. The summed E-state index contributed by atoms with van der Waals surface area (Å²) in [6.45, 7) is 1.89. The Balaban J connectivity index is 2.28. The van der Waals surface area contributed by atoms with Gasteiger partial charge in [-0.3, -0.25) is 4.68 Å². The Hall–Kier alpha value is -1.01. The fourth-order valence-corrected chi connectivity index (χ4v) is 2.35. The highest BCUT2D eigenvalue weighted by atomic mass is 35.5. The minimum atomic E-state index is -0.177. The van der Waals surface area contributed by atoms with E-state index >= 15 is 0 Å². The van der Waals surface area contributed by atoms with Crippen molar-refractivity contribution in [1.82, 2.24) is 9.78 Å². The van der Waals surface area contributed by atoms with E-state index < -0.39 is 0 Å². The zero-order valence-electron chi connectivity index (χ0n) is 9.05. The third kappa shape index (κ3) is 1.63. The van der Waals surface area contributed by atoms with E-state index in [0.29, 0.717) is 0 Å². The fraction of sp³-hybridized carbons (Fsp3) is 0.636. The lowest BCUT2D eigenvalue weighted by Gasteiger charge is -2.35. The molecule has 80 valence electrons. The molecule has 1 heterocycles. The van der Waals surface area contributed by atoms with Crippen LogP contribution < -0.4 is 0 Å². The second-order valence-electron chi connectivity index (χ2n) is 4.39. The van der Waals surface area contributed by atoms with Crippen LogP contribution in [-0.4, -0.2) is 9.78 Å². The van der Waals surface area contributed by atoms with E-state index in [-0.39, 0.29) is 5.41 Å². The third-order valence-corrected chi connectivity index (χ3v) is 3.81. The first kappa shape index (κ1) is 10.5. The number of hydrogen-bond donors (Lipinski definition) is 0. The fourth-order valence-electron chi connectivity index (χ4n) is 2.12. The number of aromatic nitrogens is 2. The Kier molecular flexibility index (Phi) is 2.47. The summed E-state index contributed by atoms with van der Waals surface area (Å²) in [5, 5.41) is 14.1. The molecule has 2 rings (SSSR count). The number of hydrogen-bond acceptors (Lipinski definition) is 2. The zero-order valence-corrected chi connectivity index (χ0v) is 9.80. The van der Waals surface area contributed by atoms with Gasteiger partial charge in [-0.1, -0.05) is 18.0 Å². The maximum atomic E-state index is 9.16. The number of nitriles is 1. The average molecular weight is 224 g/mol. The van der Waals surface area contributed by atoms with Crippen molar-refractivity contribution < 1.29 is 0 Å². The van der Waals surface area contributed by atoms with E-state index in [1.54, 1.807) is 4.68 Å². The minimum Gasteiger partial charge on any atom is -0.271 e. The summed E-state index contributed by atoms with van der Waals surface area (Å²) in [4.78, 5) is 0. The lowest BCUT2D eigenvalue weighted by Crippen LogP contribution is -2.30. The summed E-state index contributed by atoms with van der Waals surface area (Å²) in [7, 11) is 1.89. The van der Waals surface area contributed by atoms with Crippen molar-refractivity contribution in [3.63, 3.8) is 0 Å². The average Bonchev–Trinajstić information content (AvgIpc) is 2.37. The Bertz CT molecular complexity index is 424. The molecular weight excluding hydrogens is 210 g/mol. The first-order chi connectivity index (χ1) is 7.08. The molecular formula is C11H14ClN3. The van der Waals surface area contributed by atoms with Crippen LogP contribution in [0.2, 0.25) is 5.02 Å². The normalized spacial score (nSPS) is 18.3. The summed E-state index contributed by atoms with van der Waals surface area (Å²) >= 11 is 6.17. The third-order valence-electron chi connectivity index (χ3n) is 3.32. The molecule has 1 aliphatic carbocycles. The Morgan fingerprint density at radius 2 is 2.27 bits per heavy atom. The molecule has 4 heteroatoms. The van der Waals surface area contributed by atoms with Crippen LogP contribution >= 0.6 is 11.6 Å². The van der Waals surface area contributed by atoms with Gasteiger partial charge < -0.3 is 0 Å². The topological polar surface area (TPSA) is 41.6 Å². The highest BCUT2D eigenvalue weighted by molar-refractivity contribution is 6.31. The summed E-state index contributed by atoms with van der Waals surface area (Å²) < 4.78 is 1.80. The van der Waals surface area contributed by atoms with Crippen LogP contribution in [0.5, 0.6) is 0 Å². The summed E-state index contributed by atoms with van der Waals surface area (Å²) in [5.41, 5.74) is 1.67. The standard InChI is InChI=1S/C11H14ClN3/c1-8-10(12)9(15(2)14-8)6-11(7-13)4-3-5-11/h3-6H2,1-2H3. The molecule has 1 aromatic rings. The van der Waals surface area contributed by atoms with Crippen molar-refractivity contribution in [2.24, 2.45) is 12.5 Å². The molecule has 0 aromatic carbocycles. The Labute approximate surface area is 94.6 Å². The number of aryl methyl sites for hydroxylation is 2. The van der Waals surface area contributed by atoms with Crippen LogP contribution in [0.1, 0.15) is 30.7 Å². The monoisotopic (exact) mass is 223 g/mol. The van der Waals surface area contributed by atoms with Gasteiger partial charge in [0.05, 0.1) is 27.9 Å². The van der Waals surface area contributed by atoms with Gasteiger partial charge in [-0.15, -0.1) is 0 Å². The number of rotatable bonds is 2. The first-order valence-electron chi connectivity index (χ1n) is 5.17. The molecule has 0 atom stereocenters. The van der Waals surface area contributed by atoms with Crippen LogP contribution in [0.15, 0.2) is 0 Å². The largest absolute Gasteiger partial charge is 0.271 e. The molecule has 1 saturated carbocycles. The number of halogens is 1. The highest BCUT2D eigenvalue weighted by Gasteiger charge is 2.38. The van der Waals surface area contributed by atoms with E-state index in [1.807, 2.05) is 14.0 Å². The lowest BCUT2D eigenvalue weighted by atomic mass is 9.67. The molecule has 0 amide bonds. The minimum absolute atomic E-state index is 0.177. The smallest absolute Gasteiger partial charge is 0.0847 e. The van der Waals surface area contributed by atoms with Crippen molar-refractivity contribution in [2.45, 2.75) is 32.6 Å². The van der Waals surface area contributed by atoms with E-state index in [0.717, 1.165) is 42.1 Å². The van der Waals surface area contributed by atoms with Gasteiger partial charge in [-0.25, -0.2) is 0 Å². The molecule has 15 heavy (non-hydrogen) atoms. The van der Waals surface area contributed by atoms with Gasteiger partial charge in [-0.2, -0.15) is 10.4 Å². The first-order valence-corrected chi connectivity index (χ1v) is 5.55.